The van der Waals surface area contributed by atoms with Crippen molar-refractivity contribution in [3.63, 3.8) is 0 Å². The predicted molar refractivity (Wildman–Crippen MR) is 63.5 cm³/mol. The third kappa shape index (κ3) is 8.95. The summed E-state index contributed by atoms with van der Waals surface area (Å²) in [5.74, 6) is -1.52. The first kappa shape index (κ1) is 16.9. The van der Waals surface area contributed by atoms with Crippen molar-refractivity contribution in [3.05, 3.63) is 0 Å². The molecule has 0 spiro atoms. The van der Waals surface area contributed by atoms with Crippen molar-refractivity contribution in [2.24, 2.45) is 0 Å². The summed E-state index contributed by atoms with van der Waals surface area (Å²) in [6, 6.07) is 0. The van der Waals surface area contributed by atoms with Crippen molar-refractivity contribution in [1.82, 2.24) is 0 Å². The van der Waals surface area contributed by atoms with E-state index in [1.54, 1.807) is 6.92 Å². The van der Waals surface area contributed by atoms with Gasteiger partial charge in [0.15, 0.2) is 0 Å². The van der Waals surface area contributed by atoms with Gasteiger partial charge in [0.1, 0.15) is 6.42 Å². The van der Waals surface area contributed by atoms with Crippen molar-refractivity contribution < 1.29 is 29.3 Å². The zero-order chi connectivity index (χ0) is 14.0. The van der Waals surface area contributed by atoms with E-state index in [9.17, 15) is 9.59 Å². The molecule has 0 aromatic rings. The number of aliphatic hydroxyl groups is 2. The van der Waals surface area contributed by atoms with E-state index in [0.717, 1.165) is 19.3 Å². The van der Waals surface area contributed by atoms with Crippen molar-refractivity contribution in [2.75, 3.05) is 6.61 Å². The van der Waals surface area contributed by atoms with Gasteiger partial charge in [-0.15, -0.1) is 0 Å². The summed E-state index contributed by atoms with van der Waals surface area (Å²) in [6.07, 6.45) is 0.503. The molecule has 0 bridgehead atoms. The van der Waals surface area contributed by atoms with Crippen molar-refractivity contribution in [1.29, 1.82) is 0 Å². The second kappa shape index (κ2) is 9.85. The van der Waals surface area contributed by atoms with Gasteiger partial charge in [-0.1, -0.05) is 19.8 Å². The maximum Gasteiger partial charge on any atom is 0.319 e. The van der Waals surface area contributed by atoms with Crippen LogP contribution >= 0.6 is 0 Å². The number of carbonyl (C=O) groups excluding carboxylic acids is 2. The molecule has 0 aliphatic carbocycles. The molecule has 0 aromatic carbocycles. The van der Waals surface area contributed by atoms with Crippen LogP contribution in [-0.4, -0.2) is 41.2 Å². The van der Waals surface area contributed by atoms with Crippen LogP contribution in [0.15, 0.2) is 0 Å². The van der Waals surface area contributed by atoms with Crippen LogP contribution in [0.2, 0.25) is 0 Å². The average molecular weight is 262 g/mol. The molecular formula is C12H22O6. The molecule has 2 unspecified atom stereocenters. The molecule has 18 heavy (non-hydrogen) atoms. The minimum atomic E-state index is -1.38. The molecule has 0 rings (SSSR count). The first-order valence-electron chi connectivity index (χ1n) is 6.17. The molecule has 2 atom stereocenters. The van der Waals surface area contributed by atoms with Gasteiger partial charge in [0.25, 0.3) is 0 Å². The van der Waals surface area contributed by atoms with Crippen LogP contribution in [0.1, 0.15) is 46.0 Å². The summed E-state index contributed by atoms with van der Waals surface area (Å²) in [7, 11) is 0. The number of aliphatic hydroxyl groups excluding tert-OH is 2. The number of ether oxygens (including phenoxy) is 2. The Morgan fingerprint density at radius 2 is 1.78 bits per heavy atom. The third-order valence-electron chi connectivity index (χ3n) is 2.23. The van der Waals surface area contributed by atoms with Gasteiger partial charge in [0.2, 0.25) is 6.29 Å². The third-order valence-corrected chi connectivity index (χ3v) is 2.23. The molecule has 0 fully saturated rings. The maximum absolute atomic E-state index is 11.3. The second-order valence-corrected chi connectivity index (χ2v) is 4.08. The fourth-order valence-electron chi connectivity index (χ4n) is 1.30. The smallest absolute Gasteiger partial charge is 0.319 e. The molecule has 0 aromatic heterocycles. The van der Waals surface area contributed by atoms with E-state index >= 15 is 0 Å². The molecular weight excluding hydrogens is 240 g/mol. The highest BCUT2D eigenvalue weighted by Gasteiger charge is 2.17. The quantitative estimate of drug-likeness (QED) is 0.362. The highest BCUT2D eigenvalue weighted by molar-refractivity contribution is 5.91. The molecule has 2 N–H and O–H groups in total. The Balaban J connectivity index is 3.82. The fourth-order valence-corrected chi connectivity index (χ4v) is 1.30. The summed E-state index contributed by atoms with van der Waals surface area (Å²) in [6.45, 7) is 3.50. The van der Waals surface area contributed by atoms with Crippen LogP contribution in [0.5, 0.6) is 0 Å². The van der Waals surface area contributed by atoms with E-state index in [1.165, 1.54) is 0 Å². The molecule has 0 saturated heterocycles. The molecule has 106 valence electrons. The fraction of sp³-hybridized carbons (Fsp3) is 0.833. The standard InChI is InChI=1S/C12H22O6/c1-3-4-5-9(2)17-11(15)8-12(16)18-10(14)6-7-13/h9-10,13-14H,3-8H2,1-2H3. The normalized spacial score (nSPS) is 13.8. The lowest BCUT2D eigenvalue weighted by atomic mass is 10.2. The van der Waals surface area contributed by atoms with Crippen LogP contribution in [0.3, 0.4) is 0 Å². The summed E-state index contributed by atoms with van der Waals surface area (Å²) in [5.41, 5.74) is 0. The lowest BCUT2D eigenvalue weighted by molar-refractivity contribution is -0.174. The summed E-state index contributed by atoms with van der Waals surface area (Å²) >= 11 is 0. The Hall–Kier alpha value is -1.14. The number of rotatable bonds is 9. The summed E-state index contributed by atoms with van der Waals surface area (Å²) in [5, 5.41) is 17.6. The van der Waals surface area contributed by atoms with Crippen LogP contribution in [-0.2, 0) is 19.1 Å². The molecule has 0 aliphatic rings. The largest absolute Gasteiger partial charge is 0.462 e. The van der Waals surface area contributed by atoms with Gasteiger partial charge in [0.05, 0.1) is 6.10 Å². The van der Waals surface area contributed by atoms with Gasteiger partial charge in [-0.2, -0.15) is 0 Å². The van der Waals surface area contributed by atoms with Gasteiger partial charge in [-0.05, 0) is 13.3 Å². The number of carbonyl (C=O) groups is 2. The van der Waals surface area contributed by atoms with E-state index in [0.29, 0.717) is 0 Å². The van der Waals surface area contributed by atoms with E-state index in [2.05, 4.69) is 4.74 Å². The Kier molecular flexibility index (Phi) is 9.22. The average Bonchev–Trinajstić information content (AvgIpc) is 2.25. The highest BCUT2D eigenvalue weighted by atomic mass is 16.6. The monoisotopic (exact) mass is 262 g/mol. The molecule has 6 heteroatoms. The molecule has 0 aliphatic heterocycles. The molecule has 6 nitrogen and oxygen atoms in total. The second-order valence-electron chi connectivity index (χ2n) is 4.08. The zero-order valence-electron chi connectivity index (χ0n) is 10.9. The first-order valence-corrected chi connectivity index (χ1v) is 6.17. The van der Waals surface area contributed by atoms with Crippen molar-refractivity contribution >= 4 is 11.9 Å². The predicted octanol–water partition coefficient (Wildman–Crippen LogP) is 0.742. The number of hydrogen-bond donors (Lipinski definition) is 2. The summed E-state index contributed by atoms with van der Waals surface area (Å²) < 4.78 is 9.47. The van der Waals surface area contributed by atoms with Crippen LogP contribution in [0.4, 0.5) is 0 Å². The van der Waals surface area contributed by atoms with Gasteiger partial charge >= 0.3 is 11.9 Å². The van der Waals surface area contributed by atoms with Crippen LogP contribution in [0.25, 0.3) is 0 Å². The van der Waals surface area contributed by atoms with E-state index in [-0.39, 0.29) is 19.1 Å². The Bertz CT molecular complexity index is 253. The topological polar surface area (TPSA) is 93.1 Å². The number of unbranched alkanes of at least 4 members (excludes halogenated alkanes) is 1. The molecule has 0 heterocycles. The van der Waals surface area contributed by atoms with Gasteiger partial charge < -0.3 is 19.7 Å². The van der Waals surface area contributed by atoms with E-state index < -0.39 is 24.6 Å². The molecule has 0 radical (unpaired) electrons. The van der Waals surface area contributed by atoms with Gasteiger partial charge in [0, 0.05) is 13.0 Å². The van der Waals surface area contributed by atoms with Gasteiger partial charge in [-0.3, -0.25) is 9.59 Å². The first-order chi connectivity index (χ1) is 8.49. The van der Waals surface area contributed by atoms with Crippen LogP contribution in [0, 0.1) is 0 Å². The number of hydrogen-bond acceptors (Lipinski definition) is 6. The number of esters is 2. The van der Waals surface area contributed by atoms with Crippen molar-refractivity contribution in [3.8, 4) is 0 Å². The maximum atomic E-state index is 11.3. The van der Waals surface area contributed by atoms with Crippen molar-refractivity contribution in [2.45, 2.75) is 58.3 Å². The van der Waals surface area contributed by atoms with Gasteiger partial charge in [-0.25, -0.2) is 0 Å². The van der Waals surface area contributed by atoms with Crippen LogP contribution < -0.4 is 0 Å². The summed E-state index contributed by atoms with van der Waals surface area (Å²) in [4.78, 5) is 22.5. The Morgan fingerprint density at radius 3 is 2.33 bits per heavy atom. The SMILES string of the molecule is CCCCC(C)OC(=O)CC(=O)OC(O)CCO. The zero-order valence-corrected chi connectivity index (χ0v) is 10.9. The highest BCUT2D eigenvalue weighted by Crippen LogP contribution is 2.06. The Morgan fingerprint density at radius 1 is 1.17 bits per heavy atom. The van der Waals surface area contributed by atoms with E-state index in [1.807, 2.05) is 6.92 Å². The minimum absolute atomic E-state index is 0.0757. The van der Waals surface area contributed by atoms with E-state index in [4.69, 9.17) is 14.9 Å². The lowest BCUT2D eigenvalue weighted by Crippen LogP contribution is -2.23. The minimum Gasteiger partial charge on any atom is -0.462 e. The lowest BCUT2D eigenvalue weighted by Gasteiger charge is -2.13. The molecule has 0 amide bonds. The Labute approximate surface area is 107 Å². The molecule has 0 saturated carbocycles.